The van der Waals surface area contributed by atoms with Gasteiger partial charge in [0.25, 0.3) is 0 Å². The molecule has 0 aliphatic carbocycles. The molecular formula is C52H83N3O17P2. The van der Waals surface area contributed by atoms with Crippen molar-refractivity contribution < 1.29 is 76.5 Å². The molecule has 8 N–H and O–H groups in total. The summed E-state index contributed by atoms with van der Waals surface area (Å²) in [5, 5.41) is 41.0. The predicted octanol–water partition coefficient (Wildman–Crippen LogP) is 8.61. The average molecular weight is 1080 g/mol. The Hall–Kier alpha value is -4.14. The van der Waals surface area contributed by atoms with Gasteiger partial charge in [0.2, 0.25) is 0 Å². The number of aliphatic hydroxyl groups is 4. The molecule has 74 heavy (non-hydrogen) atoms. The molecule has 0 radical (unpaired) electrons. The Labute approximate surface area is 436 Å². The summed E-state index contributed by atoms with van der Waals surface area (Å²) < 4.78 is 56.6. The van der Waals surface area contributed by atoms with Crippen molar-refractivity contribution in [1.29, 1.82) is 0 Å². The number of hydrogen-bond acceptors (Lipinski definition) is 17. The van der Waals surface area contributed by atoms with E-state index in [-0.39, 0.29) is 18.7 Å². The topological polar surface area (TPSA) is 306 Å². The molecule has 22 heteroatoms. The summed E-state index contributed by atoms with van der Waals surface area (Å²) in [4.78, 5) is 61.9. The molecule has 1 aromatic rings. The van der Waals surface area contributed by atoms with Crippen LogP contribution in [0.25, 0.3) is 0 Å². The molecule has 0 spiro atoms. The van der Waals surface area contributed by atoms with Gasteiger partial charge in [0.1, 0.15) is 30.7 Å². The maximum atomic E-state index is 12.9. The summed E-state index contributed by atoms with van der Waals surface area (Å²) in [5.41, 5.74) is 4.57. The number of nitrogen functional groups attached to an aromatic ring is 1. The normalized spacial score (nSPS) is 20.4. The second-order valence-electron chi connectivity index (χ2n) is 17.7. The van der Waals surface area contributed by atoms with Crippen molar-refractivity contribution in [3.8, 4) is 0 Å². The van der Waals surface area contributed by atoms with Crippen molar-refractivity contribution in [1.82, 2.24) is 9.55 Å². The third kappa shape index (κ3) is 31.7. The molecule has 2 heterocycles. The van der Waals surface area contributed by atoms with Gasteiger partial charge < -0.3 is 50.2 Å². The number of esters is 2. The number of ether oxygens (including phenoxy) is 3. The highest BCUT2D eigenvalue weighted by atomic mass is 31.3. The van der Waals surface area contributed by atoms with Gasteiger partial charge in [-0.2, -0.15) is 9.29 Å². The van der Waals surface area contributed by atoms with Crippen LogP contribution in [-0.4, -0.2) is 108 Å². The molecule has 9 atom stereocenters. The summed E-state index contributed by atoms with van der Waals surface area (Å²) in [5.74, 6) is -1.50. The molecule has 418 valence electrons. The number of aromatic nitrogens is 2. The van der Waals surface area contributed by atoms with Crippen molar-refractivity contribution in [2.45, 2.75) is 185 Å². The number of anilines is 1. The highest BCUT2D eigenvalue weighted by Crippen LogP contribution is 2.60. The van der Waals surface area contributed by atoms with Crippen LogP contribution >= 0.6 is 15.6 Å². The Balaban J connectivity index is 1.86. The van der Waals surface area contributed by atoms with Gasteiger partial charge in [0.15, 0.2) is 12.3 Å². The third-order valence-corrected chi connectivity index (χ3v) is 13.7. The van der Waals surface area contributed by atoms with E-state index < -0.39 is 95.9 Å². The number of hydrogen-bond donors (Lipinski definition) is 7. The van der Waals surface area contributed by atoms with E-state index in [1.807, 2.05) is 37.3 Å². The van der Waals surface area contributed by atoms with Crippen molar-refractivity contribution in [3.05, 3.63) is 108 Å². The van der Waals surface area contributed by atoms with E-state index in [2.05, 4.69) is 28.4 Å². The first kappa shape index (κ1) is 66.0. The minimum Gasteiger partial charge on any atom is -0.462 e. The standard InChI is InChI=1S/C52H83N3O17P2/c1-3-5-7-8-9-10-11-12-13-14-15-16-20-23-29-36-48(59)70-44(39-67-47(58)35-30-24-28-34-43(57)33-27-22-19-17-18-21-26-32-42(56)31-25-6-4-2)40-68-73(63,64)72-74(65,66)69-41-45-49(60)50(61)51(71-45)55-38-37-46(53)54-52(55)62/h6,10-11,18-19,21-22,25-28,32-34,37-38,42-45,49-51,56-57,60-61H,3-5,7-9,12-17,20,23-24,29-31,35-36,39-41H2,1-2H3,(H,63,64)(H,65,66)(H2,53,54,62)/b11-10-,21-18-,22-19-,25-6-,32-26+,33-27+,34-28-/t42-,43-,44-,45-,49-,50-,51-/m1/s1. The van der Waals surface area contributed by atoms with Crippen molar-refractivity contribution >= 4 is 33.4 Å². The molecule has 0 bridgehead atoms. The Kier molecular flexibility index (Phi) is 35.0. The summed E-state index contributed by atoms with van der Waals surface area (Å²) in [6.45, 7) is 1.76. The zero-order chi connectivity index (χ0) is 54.5. The number of nitrogens with two attached hydrogens (primary N) is 1. The van der Waals surface area contributed by atoms with Crippen LogP contribution in [0.1, 0.15) is 148 Å². The summed E-state index contributed by atoms with van der Waals surface area (Å²) in [6, 6.07) is 1.23. The SMILES string of the molecule is CC/C=C\C[C@@H](O)/C=C/C=C\C/C=C\C=C\[C@@H](O)/C=C\CCCC(=O)OC[C@H](COP(=O)(O)OP(=O)(O)OC[C@H]1O[C@@H](n2ccc(N)nc2=O)[C@H](O)[C@@H]1O)OC(=O)CCCCCCCCC/C=C\CCCCCC. The van der Waals surface area contributed by atoms with Crippen LogP contribution in [0.5, 0.6) is 0 Å². The average Bonchev–Trinajstić information content (AvgIpc) is 3.63. The van der Waals surface area contributed by atoms with Crippen molar-refractivity contribution in [2.75, 3.05) is 25.6 Å². The number of carbonyl (C=O) groups is 2. The van der Waals surface area contributed by atoms with Crippen LogP contribution in [0.4, 0.5) is 5.82 Å². The predicted molar refractivity (Wildman–Crippen MR) is 282 cm³/mol. The highest BCUT2D eigenvalue weighted by molar-refractivity contribution is 7.61. The lowest BCUT2D eigenvalue weighted by Gasteiger charge is -2.21. The lowest BCUT2D eigenvalue weighted by molar-refractivity contribution is -0.161. The summed E-state index contributed by atoms with van der Waals surface area (Å²) in [6.07, 6.45) is 34.4. The quantitative estimate of drug-likeness (QED) is 0.0106. The summed E-state index contributed by atoms with van der Waals surface area (Å²) >= 11 is 0. The minimum absolute atomic E-state index is 0.00233. The molecule has 0 aromatic carbocycles. The van der Waals surface area contributed by atoms with Crippen LogP contribution in [0.3, 0.4) is 0 Å². The fraction of sp³-hybridized carbons (Fsp3) is 0.615. The molecule has 0 amide bonds. The first-order valence-electron chi connectivity index (χ1n) is 25.8. The Morgan fingerprint density at radius 2 is 1.36 bits per heavy atom. The number of carbonyl (C=O) groups excluding carboxylic acids is 2. The Morgan fingerprint density at radius 1 is 0.743 bits per heavy atom. The molecule has 1 fully saturated rings. The van der Waals surface area contributed by atoms with Gasteiger partial charge in [-0.05, 0) is 70.3 Å². The van der Waals surface area contributed by atoms with Gasteiger partial charge in [-0.15, -0.1) is 0 Å². The molecule has 0 saturated carbocycles. The van der Waals surface area contributed by atoms with Gasteiger partial charge in [0, 0.05) is 19.0 Å². The maximum Gasteiger partial charge on any atom is 0.481 e. The van der Waals surface area contributed by atoms with Gasteiger partial charge in [-0.3, -0.25) is 23.2 Å². The number of nitrogens with zero attached hydrogens (tertiary/aromatic N) is 2. The Bertz CT molecular complexity index is 2110. The van der Waals surface area contributed by atoms with E-state index in [9.17, 15) is 53.7 Å². The highest BCUT2D eigenvalue weighted by Gasteiger charge is 2.46. The van der Waals surface area contributed by atoms with Gasteiger partial charge in [-0.1, -0.05) is 150 Å². The van der Waals surface area contributed by atoms with Crippen LogP contribution in [0, 0.1) is 0 Å². The minimum atomic E-state index is -5.47. The lowest BCUT2D eigenvalue weighted by Crippen LogP contribution is -2.36. The van der Waals surface area contributed by atoms with Crippen molar-refractivity contribution in [3.63, 3.8) is 0 Å². The molecular weight excluding hydrogens is 1000 g/mol. The van der Waals surface area contributed by atoms with Crippen LogP contribution in [-0.2, 0) is 46.3 Å². The molecule has 1 aliphatic heterocycles. The van der Waals surface area contributed by atoms with E-state index in [1.165, 1.54) is 31.7 Å². The molecule has 20 nitrogen and oxygen atoms in total. The summed E-state index contributed by atoms with van der Waals surface area (Å²) in [7, 11) is -10.9. The first-order valence-corrected chi connectivity index (χ1v) is 28.8. The zero-order valence-electron chi connectivity index (χ0n) is 43.1. The first-order chi connectivity index (χ1) is 35.5. The van der Waals surface area contributed by atoms with E-state index in [0.29, 0.717) is 32.1 Å². The van der Waals surface area contributed by atoms with Gasteiger partial charge >= 0.3 is 33.3 Å². The zero-order valence-corrected chi connectivity index (χ0v) is 44.9. The second-order valence-corrected chi connectivity index (χ2v) is 20.7. The van der Waals surface area contributed by atoms with Crippen molar-refractivity contribution in [2.24, 2.45) is 0 Å². The largest absolute Gasteiger partial charge is 0.481 e. The molecule has 1 aliphatic rings. The number of unbranched alkanes of at least 4 members (excludes halogenated alkanes) is 12. The molecule has 1 saturated heterocycles. The van der Waals surface area contributed by atoms with Crippen LogP contribution in [0.15, 0.2) is 102 Å². The number of rotatable bonds is 41. The van der Waals surface area contributed by atoms with Crippen LogP contribution in [0.2, 0.25) is 0 Å². The monoisotopic (exact) mass is 1080 g/mol. The number of allylic oxidation sites excluding steroid dienone is 10. The van der Waals surface area contributed by atoms with E-state index in [4.69, 9.17) is 29.0 Å². The van der Waals surface area contributed by atoms with Gasteiger partial charge in [-0.25, -0.2) is 13.9 Å². The van der Waals surface area contributed by atoms with E-state index in [0.717, 1.165) is 68.6 Å². The third-order valence-electron chi connectivity index (χ3n) is 11.1. The fourth-order valence-electron chi connectivity index (χ4n) is 7.11. The Morgan fingerprint density at radius 3 is 2.04 bits per heavy atom. The molecule has 2 unspecified atom stereocenters. The molecule has 1 aromatic heterocycles. The smallest absolute Gasteiger partial charge is 0.462 e. The maximum absolute atomic E-state index is 12.9. The molecule has 2 rings (SSSR count). The van der Waals surface area contributed by atoms with E-state index in [1.54, 1.807) is 42.5 Å². The number of phosphoric ester groups is 2. The second kappa shape index (κ2) is 39.3. The van der Waals surface area contributed by atoms with Gasteiger partial charge in [0.05, 0.1) is 25.4 Å². The number of aliphatic hydroxyl groups excluding tert-OH is 4. The van der Waals surface area contributed by atoms with E-state index >= 15 is 0 Å². The fourth-order valence-corrected chi connectivity index (χ4v) is 9.22. The van der Waals surface area contributed by atoms with Crippen LogP contribution < -0.4 is 11.4 Å². The lowest BCUT2D eigenvalue weighted by atomic mass is 10.1. The number of phosphoric acid groups is 2.